The minimum atomic E-state index is -4.49. The fraction of sp³-hybridized carbons (Fsp3) is 0.375. The number of hydrogen-bond acceptors (Lipinski definition) is 4. The summed E-state index contributed by atoms with van der Waals surface area (Å²) in [5, 5.41) is 16.3. The Hall–Kier alpha value is -2.35. The maximum atomic E-state index is 12.7. The van der Waals surface area contributed by atoms with E-state index in [4.69, 9.17) is 4.52 Å². The van der Waals surface area contributed by atoms with Gasteiger partial charge in [-0.2, -0.15) is 13.2 Å². The van der Waals surface area contributed by atoms with Crippen LogP contribution in [0.1, 0.15) is 46.0 Å². The van der Waals surface area contributed by atoms with Crippen molar-refractivity contribution in [1.29, 1.82) is 0 Å². The fourth-order valence-electron chi connectivity index (χ4n) is 2.27. The van der Waals surface area contributed by atoms with Crippen LogP contribution in [0.15, 0.2) is 28.8 Å². The number of rotatable bonds is 5. The normalized spacial score (nSPS) is 12.9. The Morgan fingerprint density at radius 2 is 2.12 bits per heavy atom. The van der Waals surface area contributed by atoms with Gasteiger partial charge in [-0.25, -0.2) is 0 Å². The zero-order valence-electron chi connectivity index (χ0n) is 13.1. The molecule has 0 aliphatic heterocycles. The molecule has 0 fully saturated rings. The number of aliphatic hydroxyl groups excluding tert-OH is 1. The second-order valence-corrected chi connectivity index (χ2v) is 5.26. The van der Waals surface area contributed by atoms with Gasteiger partial charge in [-0.1, -0.05) is 24.2 Å². The maximum Gasteiger partial charge on any atom is 0.416 e. The van der Waals surface area contributed by atoms with Crippen molar-refractivity contribution >= 4 is 5.91 Å². The molecule has 0 aliphatic rings. The van der Waals surface area contributed by atoms with Gasteiger partial charge in [0.15, 0.2) is 0 Å². The summed E-state index contributed by atoms with van der Waals surface area (Å²) in [6.45, 7) is 3.17. The van der Waals surface area contributed by atoms with Crippen LogP contribution in [0.3, 0.4) is 0 Å². The molecule has 1 aromatic carbocycles. The molecule has 2 rings (SSSR count). The Kier molecular flexibility index (Phi) is 5.28. The van der Waals surface area contributed by atoms with E-state index in [1.54, 1.807) is 6.92 Å². The molecule has 0 bridgehead atoms. The van der Waals surface area contributed by atoms with Gasteiger partial charge >= 0.3 is 6.18 Å². The monoisotopic (exact) mass is 342 g/mol. The van der Waals surface area contributed by atoms with Crippen molar-refractivity contribution in [3.05, 3.63) is 52.4 Å². The van der Waals surface area contributed by atoms with Crippen LogP contribution in [-0.2, 0) is 12.6 Å². The topological polar surface area (TPSA) is 75.4 Å². The third-order valence-corrected chi connectivity index (χ3v) is 3.55. The summed E-state index contributed by atoms with van der Waals surface area (Å²) in [6.07, 6.45) is -5.26. The predicted molar refractivity (Wildman–Crippen MR) is 79.4 cm³/mol. The number of alkyl halides is 3. The first-order valence-corrected chi connectivity index (χ1v) is 7.32. The first-order valence-electron chi connectivity index (χ1n) is 7.32. The van der Waals surface area contributed by atoms with Crippen LogP contribution < -0.4 is 5.32 Å². The Labute approximate surface area is 136 Å². The average molecular weight is 342 g/mol. The molecule has 24 heavy (non-hydrogen) atoms. The standard InChI is InChI=1S/C16H17F3N2O3/c1-3-12-14(9(2)24-21-12)15(23)20-8-13(22)10-5-4-6-11(7-10)16(17,18)19/h4-7,13,22H,3,8H2,1-2H3,(H,20,23)/t13-/m1/s1. The van der Waals surface area contributed by atoms with Crippen LogP contribution in [0.2, 0.25) is 0 Å². The summed E-state index contributed by atoms with van der Waals surface area (Å²) < 4.78 is 43.0. The number of aliphatic hydroxyl groups is 1. The Balaban J connectivity index is 2.07. The van der Waals surface area contributed by atoms with E-state index in [9.17, 15) is 23.1 Å². The van der Waals surface area contributed by atoms with Gasteiger partial charge in [-0.3, -0.25) is 4.79 Å². The molecule has 2 N–H and O–H groups in total. The van der Waals surface area contributed by atoms with Crippen molar-refractivity contribution in [3.63, 3.8) is 0 Å². The lowest BCUT2D eigenvalue weighted by Crippen LogP contribution is -2.29. The molecule has 0 saturated heterocycles. The van der Waals surface area contributed by atoms with Crippen LogP contribution in [0.4, 0.5) is 13.2 Å². The van der Waals surface area contributed by atoms with Crippen LogP contribution in [0.25, 0.3) is 0 Å². The highest BCUT2D eigenvalue weighted by Crippen LogP contribution is 2.30. The molecular formula is C16H17F3N2O3. The Bertz CT molecular complexity index is 726. The number of nitrogens with one attached hydrogen (secondary N) is 1. The predicted octanol–water partition coefficient (Wildman–Crippen LogP) is 3.03. The number of aromatic nitrogens is 1. The lowest BCUT2D eigenvalue weighted by Gasteiger charge is -2.14. The number of aryl methyl sites for hydroxylation is 2. The molecule has 2 aromatic rings. The smallest absolute Gasteiger partial charge is 0.387 e. The number of hydrogen-bond donors (Lipinski definition) is 2. The van der Waals surface area contributed by atoms with E-state index in [1.807, 2.05) is 6.92 Å². The molecule has 1 heterocycles. The van der Waals surface area contributed by atoms with Crippen LogP contribution in [0.5, 0.6) is 0 Å². The van der Waals surface area contributed by atoms with E-state index in [0.717, 1.165) is 12.1 Å². The molecule has 1 atom stereocenters. The van der Waals surface area contributed by atoms with E-state index < -0.39 is 23.8 Å². The zero-order valence-corrected chi connectivity index (χ0v) is 13.1. The third kappa shape index (κ3) is 3.94. The van der Waals surface area contributed by atoms with Gasteiger partial charge < -0.3 is 14.9 Å². The van der Waals surface area contributed by atoms with Crippen molar-refractivity contribution in [3.8, 4) is 0 Å². The first-order chi connectivity index (χ1) is 11.2. The highest BCUT2D eigenvalue weighted by Gasteiger charge is 2.31. The number of amides is 1. The molecule has 0 saturated carbocycles. The zero-order chi connectivity index (χ0) is 17.9. The Morgan fingerprint density at radius 1 is 1.42 bits per heavy atom. The van der Waals surface area contributed by atoms with E-state index in [0.29, 0.717) is 17.9 Å². The van der Waals surface area contributed by atoms with E-state index in [-0.39, 0.29) is 17.7 Å². The first kappa shape index (κ1) is 18.0. The number of nitrogens with zero attached hydrogens (tertiary/aromatic N) is 1. The lowest BCUT2D eigenvalue weighted by atomic mass is 10.1. The second-order valence-electron chi connectivity index (χ2n) is 5.26. The molecule has 0 unspecified atom stereocenters. The molecule has 0 aliphatic carbocycles. The molecule has 0 radical (unpaired) electrons. The number of carbonyl (C=O) groups excluding carboxylic acids is 1. The van der Waals surface area contributed by atoms with Gasteiger partial charge in [0.1, 0.15) is 11.3 Å². The van der Waals surface area contributed by atoms with Crippen molar-refractivity contribution < 1.29 is 27.6 Å². The molecule has 1 aromatic heterocycles. The van der Waals surface area contributed by atoms with Gasteiger partial charge in [0.2, 0.25) is 0 Å². The minimum Gasteiger partial charge on any atom is -0.387 e. The lowest BCUT2D eigenvalue weighted by molar-refractivity contribution is -0.137. The Morgan fingerprint density at radius 3 is 2.75 bits per heavy atom. The largest absolute Gasteiger partial charge is 0.416 e. The summed E-state index contributed by atoms with van der Waals surface area (Å²) in [5.74, 6) is -0.144. The SMILES string of the molecule is CCc1noc(C)c1C(=O)NC[C@@H](O)c1cccc(C(F)(F)F)c1. The molecule has 1 amide bonds. The highest BCUT2D eigenvalue weighted by molar-refractivity contribution is 5.96. The van der Waals surface area contributed by atoms with Gasteiger partial charge in [0.05, 0.1) is 17.4 Å². The third-order valence-electron chi connectivity index (χ3n) is 3.55. The number of benzene rings is 1. The van der Waals surface area contributed by atoms with E-state index >= 15 is 0 Å². The highest BCUT2D eigenvalue weighted by atomic mass is 19.4. The molecular weight excluding hydrogens is 325 g/mol. The van der Waals surface area contributed by atoms with Crippen molar-refractivity contribution in [2.45, 2.75) is 32.5 Å². The molecule has 130 valence electrons. The van der Waals surface area contributed by atoms with Crippen molar-refractivity contribution in [1.82, 2.24) is 10.5 Å². The number of carbonyl (C=O) groups is 1. The average Bonchev–Trinajstić information content (AvgIpc) is 2.92. The maximum absolute atomic E-state index is 12.7. The van der Waals surface area contributed by atoms with E-state index in [2.05, 4.69) is 10.5 Å². The van der Waals surface area contributed by atoms with Crippen molar-refractivity contribution in [2.24, 2.45) is 0 Å². The number of halogens is 3. The molecule has 0 spiro atoms. The van der Waals surface area contributed by atoms with Gasteiger partial charge in [-0.05, 0) is 31.0 Å². The summed E-state index contributed by atoms with van der Waals surface area (Å²) >= 11 is 0. The van der Waals surface area contributed by atoms with Gasteiger partial charge in [0.25, 0.3) is 5.91 Å². The quantitative estimate of drug-likeness (QED) is 0.876. The van der Waals surface area contributed by atoms with Crippen LogP contribution in [-0.4, -0.2) is 22.7 Å². The summed E-state index contributed by atoms with van der Waals surface area (Å²) in [6, 6.07) is 4.36. The minimum absolute atomic E-state index is 0.0721. The van der Waals surface area contributed by atoms with Gasteiger partial charge in [-0.15, -0.1) is 0 Å². The summed E-state index contributed by atoms with van der Waals surface area (Å²) in [7, 11) is 0. The van der Waals surface area contributed by atoms with Crippen molar-refractivity contribution in [2.75, 3.05) is 6.54 Å². The molecule has 5 nitrogen and oxygen atoms in total. The van der Waals surface area contributed by atoms with Gasteiger partial charge in [0, 0.05) is 6.54 Å². The van der Waals surface area contributed by atoms with Crippen LogP contribution >= 0.6 is 0 Å². The van der Waals surface area contributed by atoms with Crippen LogP contribution in [0, 0.1) is 6.92 Å². The van der Waals surface area contributed by atoms with E-state index in [1.165, 1.54) is 12.1 Å². The summed E-state index contributed by atoms with van der Waals surface area (Å²) in [5.41, 5.74) is -0.0105. The summed E-state index contributed by atoms with van der Waals surface area (Å²) in [4.78, 5) is 12.2. The second kappa shape index (κ2) is 7.04. The molecule has 8 heteroatoms. The fourth-order valence-corrected chi connectivity index (χ4v) is 2.27.